The Labute approximate surface area is 75.6 Å². The second-order valence-corrected chi connectivity index (χ2v) is 4.62. The Kier molecular flexibility index (Phi) is 3.13. The van der Waals surface area contributed by atoms with Crippen LogP contribution in [0.1, 0.15) is 33.1 Å². The molecule has 0 aliphatic heterocycles. The number of hydrogen-bond acceptors (Lipinski definition) is 2. The van der Waals surface area contributed by atoms with Gasteiger partial charge in [-0.25, -0.2) is 0 Å². The Hall–Kier alpha value is -0.0800. The summed E-state index contributed by atoms with van der Waals surface area (Å²) in [6.07, 6.45) is 4.15. The van der Waals surface area contributed by atoms with Crippen LogP contribution in [-0.2, 0) is 0 Å². The average molecular weight is 171 g/mol. The third-order valence-corrected chi connectivity index (χ3v) is 2.99. The quantitative estimate of drug-likeness (QED) is 0.677. The Balaban J connectivity index is 2.20. The summed E-state index contributed by atoms with van der Waals surface area (Å²) in [5.74, 6) is 0.988. The van der Waals surface area contributed by atoms with Gasteiger partial charge in [-0.1, -0.05) is 12.8 Å². The summed E-state index contributed by atoms with van der Waals surface area (Å²) in [5, 5.41) is 9.10. The lowest BCUT2D eigenvalue weighted by Gasteiger charge is -2.33. The molecule has 1 fully saturated rings. The molecule has 1 aliphatic carbocycles. The average Bonchev–Trinajstić information content (AvgIpc) is 2.83. The molecule has 12 heavy (non-hydrogen) atoms. The zero-order valence-electron chi connectivity index (χ0n) is 8.51. The summed E-state index contributed by atoms with van der Waals surface area (Å²) < 4.78 is 0. The van der Waals surface area contributed by atoms with Gasteiger partial charge in [0.1, 0.15) is 0 Å². The highest BCUT2D eigenvalue weighted by atomic mass is 16.3. The second kappa shape index (κ2) is 3.75. The van der Waals surface area contributed by atoms with Crippen molar-refractivity contribution in [2.24, 2.45) is 5.92 Å². The first kappa shape index (κ1) is 10.0. The number of aliphatic hydroxyl groups is 1. The van der Waals surface area contributed by atoms with Crippen LogP contribution in [0, 0.1) is 5.92 Å². The monoisotopic (exact) mass is 171 g/mol. The van der Waals surface area contributed by atoms with Crippen molar-refractivity contribution in [3.63, 3.8) is 0 Å². The highest BCUT2D eigenvalue weighted by Crippen LogP contribution is 2.32. The highest BCUT2D eigenvalue weighted by molar-refractivity contribution is 4.80. The predicted octanol–water partition coefficient (Wildman–Crippen LogP) is 1.49. The molecule has 0 radical (unpaired) electrons. The van der Waals surface area contributed by atoms with Crippen LogP contribution < -0.4 is 0 Å². The lowest BCUT2D eigenvalue weighted by Crippen LogP contribution is -2.44. The second-order valence-electron chi connectivity index (χ2n) is 4.62. The van der Waals surface area contributed by atoms with E-state index in [1.807, 2.05) is 0 Å². The maximum atomic E-state index is 9.10. The summed E-state index contributed by atoms with van der Waals surface area (Å²) in [4.78, 5) is 2.26. The number of rotatable bonds is 5. The third-order valence-electron chi connectivity index (χ3n) is 2.99. The molecule has 0 atom stereocenters. The van der Waals surface area contributed by atoms with Crippen molar-refractivity contribution in [3.05, 3.63) is 0 Å². The van der Waals surface area contributed by atoms with Gasteiger partial charge < -0.3 is 5.11 Å². The molecule has 0 amide bonds. The highest BCUT2D eigenvalue weighted by Gasteiger charge is 2.26. The van der Waals surface area contributed by atoms with E-state index in [1.54, 1.807) is 0 Å². The van der Waals surface area contributed by atoms with Gasteiger partial charge in [-0.3, -0.25) is 4.90 Å². The van der Waals surface area contributed by atoms with Crippen LogP contribution in [-0.4, -0.2) is 35.7 Å². The van der Waals surface area contributed by atoms with Gasteiger partial charge >= 0.3 is 0 Å². The van der Waals surface area contributed by atoms with E-state index in [-0.39, 0.29) is 12.1 Å². The molecule has 72 valence electrons. The van der Waals surface area contributed by atoms with E-state index in [2.05, 4.69) is 25.8 Å². The van der Waals surface area contributed by atoms with Crippen LogP contribution in [0.4, 0.5) is 0 Å². The molecule has 0 unspecified atom stereocenters. The van der Waals surface area contributed by atoms with Crippen molar-refractivity contribution in [1.29, 1.82) is 0 Å². The van der Waals surface area contributed by atoms with E-state index >= 15 is 0 Å². The Morgan fingerprint density at radius 1 is 1.42 bits per heavy atom. The zero-order valence-corrected chi connectivity index (χ0v) is 8.51. The lowest BCUT2D eigenvalue weighted by atomic mass is 10.0. The van der Waals surface area contributed by atoms with Gasteiger partial charge in [0, 0.05) is 5.54 Å². The van der Waals surface area contributed by atoms with Crippen molar-refractivity contribution in [2.75, 3.05) is 20.2 Å². The van der Waals surface area contributed by atoms with Crippen LogP contribution in [0.5, 0.6) is 0 Å². The molecule has 2 nitrogen and oxygen atoms in total. The van der Waals surface area contributed by atoms with E-state index in [1.165, 1.54) is 19.3 Å². The maximum Gasteiger partial charge on any atom is 0.0609 e. The fraction of sp³-hybridized carbons (Fsp3) is 1.00. The topological polar surface area (TPSA) is 23.5 Å². The first-order chi connectivity index (χ1) is 5.56. The summed E-state index contributed by atoms with van der Waals surface area (Å²) in [7, 11) is 2.10. The van der Waals surface area contributed by atoms with Crippen LogP contribution >= 0.6 is 0 Å². The molecular weight excluding hydrogens is 150 g/mol. The summed E-state index contributed by atoms with van der Waals surface area (Å²) in [5.41, 5.74) is -0.0467. The minimum absolute atomic E-state index is 0.0467. The number of nitrogens with zero attached hydrogens (tertiary/aromatic N) is 1. The van der Waals surface area contributed by atoms with E-state index in [9.17, 15) is 0 Å². The summed E-state index contributed by atoms with van der Waals surface area (Å²) >= 11 is 0. The first-order valence-corrected chi connectivity index (χ1v) is 4.88. The Bertz CT molecular complexity index is 141. The molecule has 0 saturated heterocycles. The van der Waals surface area contributed by atoms with Crippen LogP contribution in [0.2, 0.25) is 0 Å². The standard InChI is InChI=1S/C10H21NO/c1-10(2,8-12)11(3)7-6-9-4-5-9/h9,12H,4-8H2,1-3H3. The molecular formula is C10H21NO. The van der Waals surface area contributed by atoms with E-state index in [0.717, 1.165) is 12.5 Å². The molecule has 1 N–H and O–H groups in total. The fourth-order valence-electron chi connectivity index (χ4n) is 1.21. The largest absolute Gasteiger partial charge is 0.394 e. The Morgan fingerprint density at radius 2 is 2.00 bits per heavy atom. The SMILES string of the molecule is CN(CCC1CC1)C(C)(C)CO. The van der Waals surface area contributed by atoms with E-state index < -0.39 is 0 Å². The third kappa shape index (κ3) is 2.76. The molecule has 2 heteroatoms. The molecule has 1 saturated carbocycles. The minimum atomic E-state index is -0.0467. The molecule has 0 aromatic rings. The zero-order chi connectivity index (χ0) is 9.19. The molecule has 0 aromatic heterocycles. The summed E-state index contributed by atoms with van der Waals surface area (Å²) in [6, 6.07) is 0. The van der Waals surface area contributed by atoms with Crippen LogP contribution in [0.25, 0.3) is 0 Å². The number of likely N-dealkylation sites (N-methyl/N-ethyl adjacent to an activating group) is 1. The lowest BCUT2D eigenvalue weighted by molar-refractivity contribution is 0.0770. The molecule has 0 heterocycles. The van der Waals surface area contributed by atoms with Crippen molar-refractivity contribution in [1.82, 2.24) is 4.90 Å². The van der Waals surface area contributed by atoms with Crippen molar-refractivity contribution in [3.8, 4) is 0 Å². The number of hydrogen-bond donors (Lipinski definition) is 1. The normalized spacial score (nSPS) is 18.8. The predicted molar refractivity (Wildman–Crippen MR) is 51.1 cm³/mol. The van der Waals surface area contributed by atoms with Gasteiger partial charge in [-0.2, -0.15) is 0 Å². The smallest absolute Gasteiger partial charge is 0.0609 e. The fourth-order valence-corrected chi connectivity index (χ4v) is 1.21. The van der Waals surface area contributed by atoms with Crippen LogP contribution in [0.3, 0.4) is 0 Å². The van der Waals surface area contributed by atoms with Gasteiger partial charge in [0.15, 0.2) is 0 Å². The first-order valence-electron chi connectivity index (χ1n) is 4.88. The van der Waals surface area contributed by atoms with Crippen molar-refractivity contribution >= 4 is 0 Å². The van der Waals surface area contributed by atoms with Crippen molar-refractivity contribution in [2.45, 2.75) is 38.6 Å². The van der Waals surface area contributed by atoms with E-state index in [4.69, 9.17) is 5.11 Å². The van der Waals surface area contributed by atoms with Gasteiger partial charge in [0.05, 0.1) is 6.61 Å². The van der Waals surface area contributed by atoms with Gasteiger partial charge in [-0.15, -0.1) is 0 Å². The van der Waals surface area contributed by atoms with E-state index in [0.29, 0.717) is 0 Å². The van der Waals surface area contributed by atoms with Gasteiger partial charge in [0.25, 0.3) is 0 Å². The molecule has 1 aliphatic rings. The number of aliphatic hydroxyl groups excluding tert-OH is 1. The Morgan fingerprint density at radius 3 is 2.42 bits per heavy atom. The van der Waals surface area contributed by atoms with Gasteiger partial charge in [0.2, 0.25) is 0 Å². The minimum Gasteiger partial charge on any atom is -0.394 e. The summed E-state index contributed by atoms with van der Waals surface area (Å²) in [6.45, 7) is 5.53. The molecule has 0 spiro atoms. The molecule has 0 aromatic carbocycles. The molecule has 1 rings (SSSR count). The van der Waals surface area contributed by atoms with Crippen molar-refractivity contribution < 1.29 is 5.11 Å². The van der Waals surface area contributed by atoms with Gasteiger partial charge in [-0.05, 0) is 39.8 Å². The van der Waals surface area contributed by atoms with Crippen LogP contribution in [0.15, 0.2) is 0 Å². The molecule has 0 bridgehead atoms. The maximum absolute atomic E-state index is 9.10.